The van der Waals surface area contributed by atoms with Crippen LogP contribution in [0, 0.1) is 83.1 Å². The highest BCUT2D eigenvalue weighted by Gasteiger charge is 2.23. The Morgan fingerprint density at radius 3 is 1.27 bits per heavy atom. The van der Waals surface area contributed by atoms with E-state index in [2.05, 4.69) is 190 Å². The molecule has 0 saturated heterocycles. The highest BCUT2D eigenvalue weighted by Crippen LogP contribution is 2.43. The number of fused-ring (bicyclic) bond motifs is 5. The first-order valence-corrected chi connectivity index (χ1v) is 21.2. The quantitative estimate of drug-likeness (QED) is 0.168. The summed E-state index contributed by atoms with van der Waals surface area (Å²) in [5, 5.41) is 4.72. The molecule has 0 atom stereocenters. The van der Waals surface area contributed by atoms with E-state index in [0.29, 0.717) is 0 Å². The van der Waals surface area contributed by atoms with E-state index in [9.17, 15) is 0 Å². The molecule has 0 unspecified atom stereocenters. The lowest BCUT2D eigenvalue weighted by atomic mass is 9.91. The van der Waals surface area contributed by atoms with Gasteiger partial charge in [-0.15, -0.1) is 0 Å². The number of benzene rings is 7. The number of furan rings is 1. The van der Waals surface area contributed by atoms with E-state index in [1.54, 1.807) is 0 Å². The minimum Gasteiger partial charge on any atom is -0.456 e. The van der Waals surface area contributed by atoms with E-state index >= 15 is 0 Å². The van der Waals surface area contributed by atoms with Crippen molar-refractivity contribution in [2.75, 3.05) is 9.80 Å². The Morgan fingerprint density at radius 2 is 0.797 bits per heavy atom. The zero-order valence-electron chi connectivity index (χ0n) is 37.0. The molecular formula is C56H56N2O. The van der Waals surface area contributed by atoms with Gasteiger partial charge in [-0.3, -0.25) is 0 Å². The van der Waals surface area contributed by atoms with Crippen LogP contribution in [0.25, 0.3) is 38.8 Å². The minimum absolute atomic E-state index is 0.921. The number of anilines is 5. The van der Waals surface area contributed by atoms with Crippen molar-refractivity contribution in [1.29, 1.82) is 0 Å². The number of hydrogen-bond donors (Lipinski definition) is 0. The van der Waals surface area contributed by atoms with Crippen LogP contribution in [0.4, 0.5) is 28.4 Å². The molecule has 296 valence electrons. The summed E-state index contributed by atoms with van der Waals surface area (Å²) in [5.74, 6) is 0. The minimum atomic E-state index is 0.921. The average molecular weight is 773 g/mol. The van der Waals surface area contributed by atoms with Gasteiger partial charge >= 0.3 is 0 Å². The maximum absolute atomic E-state index is 6.78. The fraction of sp³-hybridized carbons (Fsp3) is 0.250. The van der Waals surface area contributed by atoms with Gasteiger partial charge in [-0.25, -0.2) is 0 Å². The van der Waals surface area contributed by atoms with Crippen molar-refractivity contribution in [2.45, 2.75) is 95.9 Å². The maximum atomic E-state index is 6.78. The van der Waals surface area contributed by atoms with Gasteiger partial charge in [0, 0.05) is 44.9 Å². The van der Waals surface area contributed by atoms with Gasteiger partial charge in [-0.1, -0.05) is 6.07 Å². The van der Waals surface area contributed by atoms with Crippen LogP contribution in [-0.4, -0.2) is 0 Å². The second kappa shape index (κ2) is 14.3. The van der Waals surface area contributed by atoms with Crippen molar-refractivity contribution in [3.63, 3.8) is 0 Å². The fourth-order valence-electron chi connectivity index (χ4n) is 9.29. The number of hydrogen-bond acceptors (Lipinski definition) is 3. The molecule has 0 spiro atoms. The third kappa shape index (κ3) is 6.61. The van der Waals surface area contributed by atoms with Crippen molar-refractivity contribution in [3.05, 3.63) is 175 Å². The second-order valence-electron chi connectivity index (χ2n) is 17.7. The molecule has 3 nitrogen and oxygen atoms in total. The van der Waals surface area contributed by atoms with Gasteiger partial charge in [0.2, 0.25) is 0 Å². The summed E-state index contributed by atoms with van der Waals surface area (Å²) in [5.41, 5.74) is 27.6. The topological polar surface area (TPSA) is 19.6 Å². The molecule has 1 aliphatic carbocycles. The Hall–Kier alpha value is -6.06. The molecule has 9 rings (SSSR count). The van der Waals surface area contributed by atoms with Crippen molar-refractivity contribution in [3.8, 4) is 0 Å². The van der Waals surface area contributed by atoms with Gasteiger partial charge in [0.1, 0.15) is 11.2 Å². The van der Waals surface area contributed by atoms with E-state index in [-0.39, 0.29) is 0 Å². The summed E-state index contributed by atoms with van der Waals surface area (Å²) in [6, 6.07) is 34.8. The highest BCUT2D eigenvalue weighted by atomic mass is 16.3. The molecular weight excluding hydrogens is 717 g/mol. The number of aryl methyl sites for hydroxylation is 9. The Kier molecular flexibility index (Phi) is 9.35. The number of rotatable bonds is 6. The van der Waals surface area contributed by atoms with Crippen molar-refractivity contribution in [2.24, 2.45) is 0 Å². The third-order valence-electron chi connectivity index (χ3n) is 13.9. The Balaban J connectivity index is 1.16. The SMILES string of the molecule is Cc1cc(N(C2=Cc3cc4oc5cc6cc(N(c7cc(C)c(C)c(C)c7)c7cc(C)c(C)c(C)c7)ccc6cc5c4cc3CC2)c2cc(C)c(C)c(C)c2)cc(C)c1C. The summed E-state index contributed by atoms with van der Waals surface area (Å²) in [7, 11) is 0. The van der Waals surface area contributed by atoms with E-state index in [1.165, 1.54) is 122 Å². The molecule has 59 heavy (non-hydrogen) atoms. The maximum Gasteiger partial charge on any atom is 0.136 e. The first-order chi connectivity index (χ1) is 28.1. The molecule has 0 radical (unpaired) electrons. The lowest BCUT2D eigenvalue weighted by molar-refractivity contribution is 0.669. The molecule has 0 amide bonds. The molecule has 0 fully saturated rings. The summed E-state index contributed by atoms with van der Waals surface area (Å²) < 4.78 is 6.78. The molecule has 8 aromatic rings. The molecule has 1 aliphatic rings. The van der Waals surface area contributed by atoms with Crippen molar-refractivity contribution < 1.29 is 4.42 Å². The van der Waals surface area contributed by atoms with E-state index in [4.69, 9.17) is 4.42 Å². The van der Waals surface area contributed by atoms with E-state index in [0.717, 1.165) is 35.1 Å². The zero-order chi connectivity index (χ0) is 41.6. The summed E-state index contributed by atoms with van der Waals surface area (Å²) in [6.45, 7) is 26.7. The van der Waals surface area contributed by atoms with Crippen LogP contribution in [0.3, 0.4) is 0 Å². The van der Waals surface area contributed by atoms with Crippen molar-refractivity contribution in [1.82, 2.24) is 0 Å². The van der Waals surface area contributed by atoms with Gasteiger partial charge in [-0.05, 0) is 276 Å². The summed E-state index contributed by atoms with van der Waals surface area (Å²) >= 11 is 0. The molecule has 0 aliphatic heterocycles. The third-order valence-corrected chi connectivity index (χ3v) is 13.9. The fourth-order valence-corrected chi connectivity index (χ4v) is 9.29. The molecule has 0 saturated carbocycles. The van der Waals surface area contributed by atoms with Crippen molar-refractivity contribution >= 4 is 67.2 Å². The van der Waals surface area contributed by atoms with Crippen LogP contribution < -0.4 is 9.80 Å². The Labute approximate surface area is 350 Å². The number of allylic oxidation sites excluding steroid dienone is 1. The monoisotopic (exact) mass is 772 g/mol. The number of nitrogens with zero attached hydrogens (tertiary/aromatic N) is 2. The second-order valence-corrected chi connectivity index (χ2v) is 17.7. The Bertz CT molecular complexity index is 2870. The van der Waals surface area contributed by atoms with Crippen LogP contribution in [0.5, 0.6) is 0 Å². The van der Waals surface area contributed by atoms with Gasteiger partial charge in [-0.2, -0.15) is 0 Å². The Morgan fingerprint density at radius 1 is 0.373 bits per heavy atom. The van der Waals surface area contributed by atoms with Gasteiger partial charge in [0.05, 0.1) is 0 Å². The molecule has 7 aromatic carbocycles. The van der Waals surface area contributed by atoms with E-state index in [1.807, 2.05) is 0 Å². The lowest BCUT2D eigenvalue weighted by Gasteiger charge is -2.32. The van der Waals surface area contributed by atoms with E-state index < -0.39 is 0 Å². The van der Waals surface area contributed by atoms with Crippen LogP contribution in [0.2, 0.25) is 0 Å². The molecule has 3 heteroatoms. The standard InChI is InChI=1S/C56H56N2O/c1-31-17-49(18-32(2)39(31)9)57(50-19-33(3)40(10)34(4)20-50)47-15-13-43-27-53-54-28-44-14-16-48(26-46(44)30-56(54)59-55(53)29-45(43)25-47)58(51-21-35(5)41(11)36(6)22-51)52-23-37(7)42(12)38(8)24-52/h13,15,17-30H,14,16H2,1-12H3. The first-order valence-electron chi connectivity index (χ1n) is 21.2. The predicted octanol–water partition coefficient (Wildman–Crippen LogP) is 16.0. The summed E-state index contributed by atoms with van der Waals surface area (Å²) in [4.78, 5) is 4.91. The molecule has 0 bridgehead atoms. The molecule has 1 aromatic heterocycles. The largest absolute Gasteiger partial charge is 0.456 e. The highest BCUT2D eigenvalue weighted by molar-refractivity contribution is 6.11. The predicted molar refractivity (Wildman–Crippen MR) is 254 cm³/mol. The van der Waals surface area contributed by atoms with Crippen LogP contribution in [0.15, 0.2) is 101 Å². The molecule has 1 heterocycles. The normalized spacial score (nSPS) is 12.7. The van der Waals surface area contributed by atoms with Crippen LogP contribution >= 0.6 is 0 Å². The smallest absolute Gasteiger partial charge is 0.136 e. The zero-order valence-corrected chi connectivity index (χ0v) is 37.0. The summed E-state index contributed by atoms with van der Waals surface area (Å²) in [6.07, 6.45) is 4.33. The van der Waals surface area contributed by atoms with Gasteiger partial charge < -0.3 is 14.2 Å². The van der Waals surface area contributed by atoms with Crippen LogP contribution in [0.1, 0.15) is 84.3 Å². The molecule has 0 N–H and O–H groups in total. The van der Waals surface area contributed by atoms with Gasteiger partial charge in [0.25, 0.3) is 0 Å². The average Bonchev–Trinajstić information content (AvgIpc) is 3.54. The van der Waals surface area contributed by atoms with Crippen LogP contribution in [-0.2, 0) is 6.42 Å². The first kappa shape index (κ1) is 38.5. The lowest BCUT2D eigenvalue weighted by Crippen LogP contribution is -2.20. The van der Waals surface area contributed by atoms with Gasteiger partial charge in [0.15, 0.2) is 0 Å².